The average Bonchev–Trinajstić information content (AvgIpc) is 2.40. The largest absolute Gasteiger partial charge is 0.314 e. The van der Waals surface area contributed by atoms with Crippen LogP contribution in [0.4, 0.5) is 0 Å². The number of nitrogens with zero attached hydrogens (tertiary/aromatic N) is 1. The number of piperazine rings is 1. The minimum Gasteiger partial charge on any atom is -0.314 e. The van der Waals surface area contributed by atoms with Crippen molar-refractivity contribution in [3.8, 4) is 0 Å². The minimum atomic E-state index is 0.601. The third kappa shape index (κ3) is 4.32. The van der Waals surface area contributed by atoms with Gasteiger partial charge in [0.25, 0.3) is 0 Å². The second kappa shape index (κ2) is 7.06. The zero-order valence-electron chi connectivity index (χ0n) is 12.7. The first-order valence-electron chi connectivity index (χ1n) is 7.68. The van der Waals surface area contributed by atoms with Crippen molar-refractivity contribution in [3.63, 3.8) is 0 Å². The molecule has 0 aromatic heterocycles. The summed E-state index contributed by atoms with van der Waals surface area (Å²) in [4.78, 5) is 2.66. The highest BCUT2D eigenvalue weighted by atomic mass is 15.2. The third-order valence-corrected chi connectivity index (χ3v) is 4.04. The van der Waals surface area contributed by atoms with Crippen LogP contribution in [0.5, 0.6) is 0 Å². The molecule has 1 aromatic rings. The Balaban J connectivity index is 2.12. The lowest BCUT2D eigenvalue weighted by Crippen LogP contribution is -2.45. The topological polar surface area (TPSA) is 15.3 Å². The van der Waals surface area contributed by atoms with Crippen LogP contribution in [0.1, 0.15) is 43.9 Å². The summed E-state index contributed by atoms with van der Waals surface area (Å²) in [6.07, 6.45) is 2.59. The van der Waals surface area contributed by atoms with Crippen LogP contribution in [-0.4, -0.2) is 31.1 Å². The zero-order valence-corrected chi connectivity index (χ0v) is 12.7. The fraction of sp³-hybridized carbons (Fsp3) is 0.647. The van der Waals surface area contributed by atoms with Crippen LogP contribution in [0.15, 0.2) is 24.3 Å². The highest BCUT2D eigenvalue weighted by Gasteiger charge is 2.22. The van der Waals surface area contributed by atoms with Gasteiger partial charge in [-0.2, -0.15) is 0 Å². The maximum absolute atomic E-state index is 3.46. The van der Waals surface area contributed by atoms with E-state index in [0.29, 0.717) is 6.04 Å². The average molecular weight is 260 g/mol. The fourth-order valence-electron chi connectivity index (χ4n) is 2.92. The SMILES string of the molecule is Cc1cccc([C@H](CCC(C)C)N2CCNCC2)c1. The number of nitrogens with one attached hydrogen (secondary N) is 1. The quantitative estimate of drug-likeness (QED) is 0.873. The fourth-order valence-corrected chi connectivity index (χ4v) is 2.92. The lowest BCUT2D eigenvalue weighted by molar-refractivity contribution is 0.160. The van der Waals surface area contributed by atoms with Crippen LogP contribution >= 0.6 is 0 Å². The summed E-state index contributed by atoms with van der Waals surface area (Å²) in [5.74, 6) is 0.787. The van der Waals surface area contributed by atoms with Crippen LogP contribution in [0.3, 0.4) is 0 Å². The van der Waals surface area contributed by atoms with Gasteiger partial charge in [-0.15, -0.1) is 0 Å². The van der Waals surface area contributed by atoms with Gasteiger partial charge >= 0.3 is 0 Å². The first-order valence-corrected chi connectivity index (χ1v) is 7.68. The van der Waals surface area contributed by atoms with Crippen molar-refractivity contribution < 1.29 is 0 Å². The Hall–Kier alpha value is -0.860. The molecule has 0 bridgehead atoms. The van der Waals surface area contributed by atoms with Crippen LogP contribution < -0.4 is 5.32 Å². The number of hydrogen-bond acceptors (Lipinski definition) is 2. The van der Waals surface area contributed by atoms with E-state index in [1.54, 1.807) is 0 Å². The summed E-state index contributed by atoms with van der Waals surface area (Å²) in [5, 5.41) is 3.46. The molecule has 0 radical (unpaired) electrons. The van der Waals surface area contributed by atoms with Crippen molar-refractivity contribution in [1.82, 2.24) is 10.2 Å². The molecule has 1 fully saturated rings. The Kier molecular flexibility index (Phi) is 5.41. The molecule has 19 heavy (non-hydrogen) atoms. The second-order valence-corrected chi connectivity index (χ2v) is 6.19. The van der Waals surface area contributed by atoms with Gasteiger partial charge in [-0.3, -0.25) is 4.90 Å². The van der Waals surface area contributed by atoms with Gasteiger partial charge in [-0.25, -0.2) is 0 Å². The lowest BCUT2D eigenvalue weighted by atomic mass is 9.95. The maximum Gasteiger partial charge on any atom is 0.0349 e. The van der Waals surface area contributed by atoms with E-state index in [4.69, 9.17) is 0 Å². The molecule has 106 valence electrons. The summed E-state index contributed by atoms with van der Waals surface area (Å²) in [6.45, 7) is 11.5. The van der Waals surface area contributed by atoms with Gasteiger partial charge in [-0.05, 0) is 31.2 Å². The van der Waals surface area contributed by atoms with E-state index in [-0.39, 0.29) is 0 Å². The number of hydrogen-bond donors (Lipinski definition) is 1. The predicted octanol–water partition coefficient (Wildman–Crippen LogP) is 3.38. The molecule has 1 aromatic carbocycles. The van der Waals surface area contributed by atoms with Crippen molar-refractivity contribution in [3.05, 3.63) is 35.4 Å². The standard InChI is InChI=1S/C17H28N2/c1-14(2)7-8-17(19-11-9-18-10-12-19)16-6-4-5-15(3)13-16/h4-6,13-14,17-18H,7-12H2,1-3H3/t17-/m0/s1. The van der Waals surface area contributed by atoms with Crippen molar-refractivity contribution in [2.75, 3.05) is 26.2 Å². The van der Waals surface area contributed by atoms with Crippen LogP contribution in [0, 0.1) is 12.8 Å². The molecule has 0 unspecified atom stereocenters. The van der Waals surface area contributed by atoms with E-state index in [2.05, 4.69) is 55.3 Å². The molecule has 1 N–H and O–H groups in total. The molecule has 0 saturated carbocycles. The molecule has 2 nitrogen and oxygen atoms in total. The summed E-state index contributed by atoms with van der Waals surface area (Å²) in [5.41, 5.74) is 2.88. The highest BCUT2D eigenvalue weighted by molar-refractivity contribution is 5.25. The van der Waals surface area contributed by atoms with Gasteiger partial charge in [0, 0.05) is 32.2 Å². The van der Waals surface area contributed by atoms with Gasteiger partial charge in [0.2, 0.25) is 0 Å². The molecule has 0 aliphatic carbocycles. The number of aryl methyl sites for hydroxylation is 1. The first-order chi connectivity index (χ1) is 9.16. The van der Waals surface area contributed by atoms with E-state index in [0.717, 1.165) is 19.0 Å². The highest BCUT2D eigenvalue weighted by Crippen LogP contribution is 2.28. The molecule has 1 aliphatic heterocycles. The van der Waals surface area contributed by atoms with Gasteiger partial charge in [0.05, 0.1) is 0 Å². The van der Waals surface area contributed by atoms with E-state index < -0.39 is 0 Å². The van der Waals surface area contributed by atoms with Gasteiger partial charge in [-0.1, -0.05) is 43.7 Å². The minimum absolute atomic E-state index is 0.601. The van der Waals surface area contributed by atoms with E-state index >= 15 is 0 Å². The van der Waals surface area contributed by atoms with Crippen molar-refractivity contribution in [2.24, 2.45) is 5.92 Å². The molecule has 1 atom stereocenters. The molecular weight excluding hydrogens is 232 g/mol. The van der Waals surface area contributed by atoms with Crippen molar-refractivity contribution in [1.29, 1.82) is 0 Å². The normalized spacial score (nSPS) is 18.7. The Bertz CT molecular complexity index is 381. The lowest BCUT2D eigenvalue weighted by Gasteiger charge is -2.35. The molecule has 2 rings (SSSR count). The summed E-state index contributed by atoms with van der Waals surface area (Å²) in [6, 6.07) is 9.67. The number of rotatable bonds is 5. The molecule has 2 heteroatoms. The van der Waals surface area contributed by atoms with Gasteiger partial charge in [0.15, 0.2) is 0 Å². The van der Waals surface area contributed by atoms with E-state index in [1.165, 1.54) is 37.1 Å². The predicted molar refractivity (Wildman–Crippen MR) is 82.4 cm³/mol. The summed E-state index contributed by atoms with van der Waals surface area (Å²) in [7, 11) is 0. The third-order valence-electron chi connectivity index (χ3n) is 4.04. The van der Waals surface area contributed by atoms with Crippen LogP contribution in [0.25, 0.3) is 0 Å². The molecular formula is C17H28N2. The summed E-state index contributed by atoms with van der Waals surface area (Å²) < 4.78 is 0. The van der Waals surface area contributed by atoms with Crippen molar-refractivity contribution in [2.45, 2.75) is 39.7 Å². The van der Waals surface area contributed by atoms with Gasteiger partial charge in [0.1, 0.15) is 0 Å². The maximum atomic E-state index is 3.46. The summed E-state index contributed by atoms with van der Waals surface area (Å²) >= 11 is 0. The van der Waals surface area contributed by atoms with Crippen molar-refractivity contribution >= 4 is 0 Å². The Morgan fingerprint density at radius 3 is 2.53 bits per heavy atom. The monoisotopic (exact) mass is 260 g/mol. The van der Waals surface area contributed by atoms with E-state index in [9.17, 15) is 0 Å². The van der Waals surface area contributed by atoms with Crippen LogP contribution in [-0.2, 0) is 0 Å². The molecule has 0 spiro atoms. The molecule has 1 saturated heterocycles. The molecule has 1 aliphatic rings. The Morgan fingerprint density at radius 2 is 1.89 bits per heavy atom. The smallest absolute Gasteiger partial charge is 0.0349 e. The number of benzene rings is 1. The Morgan fingerprint density at radius 1 is 1.16 bits per heavy atom. The van der Waals surface area contributed by atoms with E-state index in [1.807, 2.05) is 0 Å². The van der Waals surface area contributed by atoms with Crippen LogP contribution in [0.2, 0.25) is 0 Å². The molecule has 0 amide bonds. The van der Waals surface area contributed by atoms with Gasteiger partial charge < -0.3 is 5.32 Å². The molecule has 1 heterocycles. The Labute approximate surface area is 118 Å². The second-order valence-electron chi connectivity index (χ2n) is 6.19. The zero-order chi connectivity index (χ0) is 13.7. The first kappa shape index (κ1) is 14.5.